The maximum atomic E-state index is 11.1. The molecule has 0 aromatic heterocycles. The first-order valence-corrected chi connectivity index (χ1v) is 6.47. The van der Waals surface area contributed by atoms with Gasteiger partial charge in [-0.1, -0.05) is 0 Å². The molecule has 1 saturated carbocycles. The quantitative estimate of drug-likeness (QED) is 0.583. The average Bonchev–Trinajstić information content (AvgIpc) is 2.73. The molecule has 1 atom stereocenters. The van der Waals surface area contributed by atoms with Crippen molar-refractivity contribution in [2.75, 3.05) is 6.61 Å². The molecule has 2 aliphatic rings. The van der Waals surface area contributed by atoms with Crippen molar-refractivity contribution in [2.24, 2.45) is 0 Å². The fourth-order valence-electron chi connectivity index (χ4n) is 1.99. The number of hydrogen-bond acceptors (Lipinski definition) is 4. The van der Waals surface area contributed by atoms with Crippen LogP contribution in [0.5, 0.6) is 0 Å². The molecule has 0 radical (unpaired) electrons. The van der Waals surface area contributed by atoms with E-state index in [0.717, 1.165) is 0 Å². The average molecular weight is 260 g/mol. The Labute approximate surface area is 118 Å². The molecule has 0 aromatic rings. The molecule has 1 N–H and O–H groups in total. The summed E-state index contributed by atoms with van der Waals surface area (Å²) in [6.45, 7) is 3.98. The van der Waals surface area contributed by atoms with E-state index in [-0.39, 0.29) is 35.7 Å². The van der Waals surface area contributed by atoms with Crippen LogP contribution < -0.4 is 0 Å². The Hall–Kier alpha value is 0.830. The van der Waals surface area contributed by atoms with Gasteiger partial charge in [0.25, 0.3) is 10.1 Å². The Balaban J connectivity index is 0.00000128. The molecule has 1 heterocycles. The van der Waals surface area contributed by atoms with Gasteiger partial charge in [0.05, 0.1) is 12.7 Å². The van der Waals surface area contributed by atoms with E-state index >= 15 is 0 Å². The number of hydrogen-bond donors (Lipinski definition) is 1. The Morgan fingerprint density at radius 3 is 2.25 bits per heavy atom. The second-order valence-corrected chi connectivity index (χ2v) is 6.63. The first-order valence-electron chi connectivity index (χ1n) is 5.03. The van der Waals surface area contributed by atoms with Gasteiger partial charge in [-0.15, -0.1) is 0 Å². The van der Waals surface area contributed by atoms with Gasteiger partial charge in [-0.25, -0.2) is 0 Å². The van der Waals surface area contributed by atoms with Gasteiger partial charge in [-0.2, -0.15) is 8.42 Å². The molecule has 1 aliphatic carbocycles. The van der Waals surface area contributed by atoms with E-state index in [4.69, 9.17) is 14.0 Å². The van der Waals surface area contributed by atoms with Gasteiger partial charge in [0.2, 0.25) is 0 Å². The minimum atomic E-state index is -3.95. The van der Waals surface area contributed by atoms with Crippen LogP contribution in [0.1, 0.15) is 33.1 Å². The van der Waals surface area contributed by atoms with Crippen LogP contribution in [0.25, 0.3) is 0 Å². The molecule has 0 amide bonds. The van der Waals surface area contributed by atoms with Gasteiger partial charge in [0.15, 0.2) is 5.79 Å². The molecule has 0 spiro atoms. The van der Waals surface area contributed by atoms with Crippen LogP contribution in [0, 0.1) is 0 Å². The predicted molar refractivity (Wildman–Crippen MR) is 60.2 cm³/mol. The summed E-state index contributed by atoms with van der Waals surface area (Å²) < 4.78 is 41.2. The first-order chi connectivity index (χ1) is 6.74. The van der Waals surface area contributed by atoms with Gasteiger partial charge < -0.3 is 9.47 Å². The van der Waals surface area contributed by atoms with E-state index < -0.39 is 20.7 Å². The van der Waals surface area contributed by atoms with Crippen molar-refractivity contribution < 1.29 is 22.4 Å². The van der Waals surface area contributed by atoms with Crippen molar-refractivity contribution in [1.82, 2.24) is 0 Å². The molecule has 0 unspecified atom stereocenters. The minimum absolute atomic E-state index is 0. The molecular weight excluding hydrogens is 243 g/mol. The fraction of sp³-hybridized carbons (Fsp3) is 1.00. The third-order valence-electron chi connectivity index (χ3n) is 3.02. The molecule has 0 aromatic carbocycles. The van der Waals surface area contributed by atoms with Gasteiger partial charge >= 0.3 is 29.6 Å². The van der Waals surface area contributed by atoms with Crippen molar-refractivity contribution in [3.63, 3.8) is 0 Å². The molecular formula is C9H17NaO5S. The van der Waals surface area contributed by atoms with Gasteiger partial charge in [-0.05, 0) is 33.1 Å². The van der Waals surface area contributed by atoms with Crippen LogP contribution in [0.3, 0.4) is 0 Å². The van der Waals surface area contributed by atoms with Crippen LogP contribution in [-0.2, 0) is 19.6 Å². The summed E-state index contributed by atoms with van der Waals surface area (Å²) in [5, 5.41) is 0. The summed E-state index contributed by atoms with van der Waals surface area (Å²) >= 11 is 0. The normalized spacial score (nSPS) is 30.8. The summed E-state index contributed by atoms with van der Waals surface area (Å²) in [5.74, 6) is -0.639. The third-order valence-corrected chi connectivity index (χ3v) is 4.69. The van der Waals surface area contributed by atoms with Gasteiger partial charge in [0.1, 0.15) is 4.75 Å². The van der Waals surface area contributed by atoms with E-state index in [0.29, 0.717) is 25.9 Å². The molecule has 90 valence electrons. The standard InChI is InChI=1S/C9H16O5S.Na.H/c1-8(2)13-6-7(14-8)5-9(3-4-9)15(10,11)12;;/h7H,3-6H2,1-2H3,(H,10,11,12);;/t7-;;/m1../s1. The van der Waals surface area contributed by atoms with Gasteiger partial charge in [0, 0.05) is 0 Å². The fourth-order valence-corrected chi connectivity index (χ4v) is 3.00. The third kappa shape index (κ3) is 2.98. The maximum absolute atomic E-state index is 11.1. The first kappa shape index (κ1) is 14.9. The van der Waals surface area contributed by atoms with E-state index in [1.54, 1.807) is 13.8 Å². The van der Waals surface area contributed by atoms with E-state index in [1.807, 2.05) is 0 Å². The van der Waals surface area contributed by atoms with E-state index in [9.17, 15) is 8.42 Å². The van der Waals surface area contributed by atoms with Crippen LogP contribution in [-0.4, -0.2) is 65.8 Å². The van der Waals surface area contributed by atoms with Crippen molar-refractivity contribution >= 4 is 39.7 Å². The molecule has 1 aliphatic heterocycles. The Morgan fingerprint density at radius 2 is 1.94 bits per heavy atom. The van der Waals surface area contributed by atoms with Crippen molar-refractivity contribution in [2.45, 2.75) is 49.7 Å². The zero-order chi connectivity index (χ0) is 11.3. The van der Waals surface area contributed by atoms with Crippen molar-refractivity contribution in [1.29, 1.82) is 0 Å². The van der Waals surface area contributed by atoms with Crippen molar-refractivity contribution in [3.05, 3.63) is 0 Å². The Kier molecular flexibility index (Phi) is 4.18. The molecule has 2 fully saturated rings. The second-order valence-electron chi connectivity index (χ2n) is 4.81. The van der Waals surface area contributed by atoms with Crippen LogP contribution in [0.15, 0.2) is 0 Å². The summed E-state index contributed by atoms with van der Waals surface area (Å²) in [4.78, 5) is 0. The van der Waals surface area contributed by atoms with Crippen molar-refractivity contribution in [3.8, 4) is 0 Å². The Bertz CT molecular complexity index is 360. The molecule has 2 rings (SSSR count). The molecule has 16 heavy (non-hydrogen) atoms. The summed E-state index contributed by atoms with van der Waals surface area (Å²) in [5.41, 5.74) is 0. The molecule has 1 saturated heterocycles. The second kappa shape index (κ2) is 4.50. The molecule has 5 nitrogen and oxygen atoms in total. The molecule has 0 bridgehead atoms. The number of ether oxygens (including phenoxy) is 2. The predicted octanol–water partition coefficient (Wildman–Crippen LogP) is 0.300. The SMILES string of the molecule is CC1(C)OC[C@@H](CC2(S(=O)(=O)O)CC2)O1.[NaH]. The van der Waals surface area contributed by atoms with Crippen LogP contribution in [0.2, 0.25) is 0 Å². The van der Waals surface area contributed by atoms with Crippen LogP contribution >= 0.6 is 0 Å². The number of rotatable bonds is 3. The van der Waals surface area contributed by atoms with Crippen LogP contribution in [0.4, 0.5) is 0 Å². The zero-order valence-corrected chi connectivity index (χ0v) is 9.71. The van der Waals surface area contributed by atoms with Gasteiger partial charge in [-0.3, -0.25) is 4.55 Å². The topological polar surface area (TPSA) is 72.8 Å². The summed E-state index contributed by atoms with van der Waals surface area (Å²) in [6, 6.07) is 0. The van der Waals surface area contributed by atoms with E-state index in [1.165, 1.54) is 0 Å². The summed E-state index contributed by atoms with van der Waals surface area (Å²) in [7, 11) is -3.95. The van der Waals surface area contributed by atoms with E-state index in [2.05, 4.69) is 0 Å². The Morgan fingerprint density at radius 1 is 1.38 bits per heavy atom. The molecule has 7 heteroatoms. The monoisotopic (exact) mass is 260 g/mol. The summed E-state index contributed by atoms with van der Waals surface area (Å²) in [6.07, 6.45) is 1.14. The zero-order valence-electron chi connectivity index (χ0n) is 8.89.